The molecule has 1 heterocycles. The van der Waals surface area contributed by atoms with Crippen molar-refractivity contribution in [3.8, 4) is 0 Å². The van der Waals surface area contributed by atoms with E-state index < -0.39 is 0 Å². The first-order chi connectivity index (χ1) is 9.16. The third-order valence-corrected chi connectivity index (χ3v) is 3.52. The molecule has 1 aliphatic rings. The van der Waals surface area contributed by atoms with E-state index in [4.69, 9.17) is 0 Å². The molecule has 106 valence electrons. The zero-order chi connectivity index (χ0) is 14.3. The van der Waals surface area contributed by atoms with Gasteiger partial charge < -0.3 is 5.32 Å². The molecule has 1 aliphatic carbocycles. The number of aromatic nitrogens is 1. The first kappa shape index (κ1) is 15.7. The maximum absolute atomic E-state index is 12.0. The van der Waals surface area contributed by atoms with Crippen molar-refractivity contribution in [2.75, 3.05) is 0 Å². The number of amides is 1. The fourth-order valence-electron chi connectivity index (χ4n) is 2.26. The summed E-state index contributed by atoms with van der Waals surface area (Å²) in [4.78, 5) is 16.3. The molecule has 3 heteroatoms. The van der Waals surface area contributed by atoms with E-state index in [9.17, 15) is 4.79 Å². The minimum absolute atomic E-state index is 0.0278. The van der Waals surface area contributed by atoms with E-state index in [-0.39, 0.29) is 5.91 Å². The Balaban J connectivity index is 0.000000861. The Bertz CT molecular complexity index is 409. The number of rotatable bonds is 2. The molecule has 0 aliphatic heterocycles. The molecule has 0 atom stereocenters. The normalized spacial score (nSPS) is 15.4. The van der Waals surface area contributed by atoms with Crippen LogP contribution in [0.3, 0.4) is 0 Å². The average Bonchev–Trinajstić information content (AvgIpc) is 2.45. The van der Waals surface area contributed by atoms with Gasteiger partial charge in [0, 0.05) is 11.7 Å². The lowest BCUT2D eigenvalue weighted by Crippen LogP contribution is -2.36. The molecular weight excluding hydrogens is 236 g/mol. The predicted octanol–water partition coefficient (Wildman–Crippen LogP) is 3.79. The van der Waals surface area contributed by atoms with E-state index in [0.29, 0.717) is 11.7 Å². The van der Waals surface area contributed by atoms with Gasteiger partial charge in [0.05, 0.1) is 0 Å². The quantitative estimate of drug-likeness (QED) is 0.881. The highest BCUT2D eigenvalue weighted by Crippen LogP contribution is 2.17. The largest absolute Gasteiger partial charge is 0.348 e. The predicted molar refractivity (Wildman–Crippen MR) is 79.4 cm³/mol. The summed E-state index contributed by atoms with van der Waals surface area (Å²) < 4.78 is 0. The van der Waals surface area contributed by atoms with Crippen LogP contribution in [0.2, 0.25) is 0 Å². The number of carbonyl (C=O) groups is 1. The fraction of sp³-hybridized carbons (Fsp3) is 0.625. The van der Waals surface area contributed by atoms with Gasteiger partial charge in [-0.25, -0.2) is 4.98 Å². The van der Waals surface area contributed by atoms with Crippen molar-refractivity contribution < 1.29 is 4.79 Å². The Morgan fingerprint density at radius 3 is 2.37 bits per heavy atom. The van der Waals surface area contributed by atoms with Crippen molar-refractivity contribution in [2.24, 2.45) is 0 Å². The van der Waals surface area contributed by atoms with Gasteiger partial charge >= 0.3 is 0 Å². The number of nitrogens with one attached hydrogen (secondary N) is 1. The van der Waals surface area contributed by atoms with E-state index in [0.717, 1.165) is 24.1 Å². The molecule has 1 aromatic rings. The van der Waals surface area contributed by atoms with Gasteiger partial charge in [0.25, 0.3) is 5.91 Å². The highest BCUT2D eigenvalue weighted by molar-refractivity contribution is 5.92. The molecule has 0 bridgehead atoms. The summed E-state index contributed by atoms with van der Waals surface area (Å²) in [6.07, 6.45) is 5.97. The van der Waals surface area contributed by atoms with Crippen LogP contribution in [0.25, 0.3) is 0 Å². The molecule has 1 saturated carbocycles. The molecule has 0 saturated heterocycles. The van der Waals surface area contributed by atoms with E-state index in [1.807, 2.05) is 33.8 Å². The molecule has 1 amide bonds. The summed E-state index contributed by atoms with van der Waals surface area (Å²) >= 11 is 0. The Labute approximate surface area is 116 Å². The molecule has 0 aromatic carbocycles. The Hall–Kier alpha value is -1.38. The number of aryl methyl sites for hydroxylation is 2. The van der Waals surface area contributed by atoms with Gasteiger partial charge in [0.2, 0.25) is 0 Å². The van der Waals surface area contributed by atoms with Crippen LogP contribution in [0.15, 0.2) is 12.1 Å². The van der Waals surface area contributed by atoms with Crippen LogP contribution >= 0.6 is 0 Å². The standard InChI is InChI=1S/C14H20N2O.C2H6/c1-10-8-9-13(15-11(10)2)14(17)16-12-6-4-3-5-7-12;1-2/h8-9,12H,3-7H2,1-2H3,(H,16,17);1-2H3. The Morgan fingerprint density at radius 2 is 1.79 bits per heavy atom. The van der Waals surface area contributed by atoms with Gasteiger partial charge in [-0.15, -0.1) is 0 Å². The fourth-order valence-corrected chi connectivity index (χ4v) is 2.26. The summed E-state index contributed by atoms with van der Waals surface area (Å²) in [5.74, 6) is -0.0278. The van der Waals surface area contributed by atoms with Crippen LogP contribution < -0.4 is 5.32 Å². The van der Waals surface area contributed by atoms with E-state index in [1.165, 1.54) is 19.3 Å². The first-order valence-corrected chi connectivity index (χ1v) is 7.42. The van der Waals surface area contributed by atoms with E-state index in [1.54, 1.807) is 6.07 Å². The molecule has 1 N–H and O–H groups in total. The van der Waals surface area contributed by atoms with Gasteiger partial charge in [-0.2, -0.15) is 0 Å². The van der Waals surface area contributed by atoms with Gasteiger partial charge in [-0.05, 0) is 38.3 Å². The van der Waals surface area contributed by atoms with Crippen molar-refractivity contribution in [2.45, 2.75) is 65.8 Å². The van der Waals surface area contributed by atoms with Gasteiger partial charge in [-0.3, -0.25) is 4.79 Å². The van der Waals surface area contributed by atoms with Gasteiger partial charge in [-0.1, -0.05) is 39.2 Å². The minimum atomic E-state index is -0.0278. The highest BCUT2D eigenvalue weighted by atomic mass is 16.1. The van der Waals surface area contributed by atoms with Crippen LogP contribution in [0.1, 0.15) is 67.7 Å². The maximum atomic E-state index is 12.0. The number of hydrogen-bond donors (Lipinski definition) is 1. The molecule has 19 heavy (non-hydrogen) atoms. The van der Waals surface area contributed by atoms with Crippen LogP contribution in [0.4, 0.5) is 0 Å². The third-order valence-electron chi connectivity index (χ3n) is 3.52. The summed E-state index contributed by atoms with van der Waals surface area (Å²) in [6, 6.07) is 4.11. The van der Waals surface area contributed by atoms with E-state index in [2.05, 4.69) is 10.3 Å². The Morgan fingerprint density at radius 1 is 1.16 bits per heavy atom. The summed E-state index contributed by atoms with van der Waals surface area (Å²) in [7, 11) is 0. The zero-order valence-corrected chi connectivity index (χ0v) is 12.6. The minimum Gasteiger partial charge on any atom is -0.348 e. The number of carbonyl (C=O) groups excluding carboxylic acids is 1. The lowest BCUT2D eigenvalue weighted by Gasteiger charge is -2.22. The number of pyridine rings is 1. The summed E-state index contributed by atoms with van der Waals surface area (Å²) in [5.41, 5.74) is 2.60. The van der Waals surface area contributed by atoms with Gasteiger partial charge in [0.15, 0.2) is 0 Å². The van der Waals surface area contributed by atoms with Crippen molar-refractivity contribution in [3.63, 3.8) is 0 Å². The molecule has 0 radical (unpaired) electrons. The molecular formula is C16H26N2O. The molecule has 3 nitrogen and oxygen atoms in total. The zero-order valence-electron chi connectivity index (χ0n) is 12.6. The van der Waals surface area contributed by atoms with Crippen LogP contribution in [0.5, 0.6) is 0 Å². The summed E-state index contributed by atoms with van der Waals surface area (Å²) in [5, 5.41) is 3.08. The highest BCUT2D eigenvalue weighted by Gasteiger charge is 2.17. The van der Waals surface area contributed by atoms with Crippen LogP contribution in [-0.2, 0) is 0 Å². The molecule has 1 fully saturated rings. The van der Waals surface area contributed by atoms with Crippen molar-refractivity contribution in [1.82, 2.24) is 10.3 Å². The van der Waals surface area contributed by atoms with Crippen molar-refractivity contribution in [3.05, 3.63) is 29.1 Å². The summed E-state index contributed by atoms with van der Waals surface area (Å²) in [6.45, 7) is 7.94. The number of hydrogen-bond acceptors (Lipinski definition) is 2. The second-order valence-corrected chi connectivity index (χ2v) is 4.91. The molecule has 2 rings (SSSR count). The lowest BCUT2D eigenvalue weighted by molar-refractivity contribution is 0.0922. The van der Waals surface area contributed by atoms with Crippen molar-refractivity contribution >= 4 is 5.91 Å². The average molecular weight is 262 g/mol. The second kappa shape index (κ2) is 7.93. The third kappa shape index (κ3) is 4.66. The molecule has 0 unspecified atom stereocenters. The second-order valence-electron chi connectivity index (χ2n) is 4.91. The lowest BCUT2D eigenvalue weighted by atomic mass is 9.95. The first-order valence-electron chi connectivity index (χ1n) is 7.42. The monoisotopic (exact) mass is 262 g/mol. The van der Waals surface area contributed by atoms with Crippen LogP contribution in [0, 0.1) is 13.8 Å². The Kier molecular flexibility index (Phi) is 6.54. The van der Waals surface area contributed by atoms with Crippen LogP contribution in [-0.4, -0.2) is 16.9 Å². The number of nitrogens with zero attached hydrogens (tertiary/aromatic N) is 1. The molecule has 1 aromatic heterocycles. The molecule has 0 spiro atoms. The van der Waals surface area contributed by atoms with E-state index >= 15 is 0 Å². The van der Waals surface area contributed by atoms with Crippen molar-refractivity contribution in [1.29, 1.82) is 0 Å². The maximum Gasteiger partial charge on any atom is 0.270 e. The topological polar surface area (TPSA) is 42.0 Å². The smallest absolute Gasteiger partial charge is 0.270 e. The SMILES string of the molecule is CC.Cc1ccc(C(=O)NC2CCCCC2)nc1C. The van der Waals surface area contributed by atoms with Gasteiger partial charge in [0.1, 0.15) is 5.69 Å².